The number of carbonyl (C=O) groups excluding carboxylic acids is 1. The van der Waals surface area contributed by atoms with Crippen LogP contribution >= 0.6 is 0 Å². The van der Waals surface area contributed by atoms with Crippen LogP contribution in [0.4, 0.5) is 0 Å². The van der Waals surface area contributed by atoms with E-state index in [9.17, 15) is 9.90 Å². The third-order valence-corrected chi connectivity index (χ3v) is 4.71. The molecule has 1 aromatic heterocycles. The van der Waals surface area contributed by atoms with E-state index in [2.05, 4.69) is 10.4 Å². The van der Waals surface area contributed by atoms with Gasteiger partial charge in [0, 0.05) is 38.6 Å². The zero-order valence-corrected chi connectivity index (χ0v) is 15.1. The summed E-state index contributed by atoms with van der Waals surface area (Å²) in [5, 5.41) is 18.2. The van der Waals surface area contributed by atoms with Crippen molar-refractivity contribution in [3.63, 3.8) is 0 Å². The lowest BCUT2D eigenvalue weighted by molar-refractivity contribution is -0.157. The van der Waals surface area contributed by atoms with Crippen LogP contribution in [0, 0.1) is 0 Å². The van der Waals surface area contributed by atoms with E-state index in [1.54, 1.807) is 18.2 Å². The lowest BCUT2D eigenvalue weighted by atomic mass is 9.91. The molecule has 1 fully saturated rings. The van der Waals surface area contributed by atoms with Crippen molar-refractivity contribution in [3.8, 4) is 5.75 Å². The Morgan fingerprint density at radius 1 is 1.38 bits per heavy atom. The fourth-order valence-corrected chi connectivity index (χ4v) is 3.29. The summed E-state index contributed by atoms with van der Waals surface area (Å²) in [5.41, 5.74) is -0.352. The van der Waals surface area contributed by atoms with E-state index in [1.165, 1.54) is 0 Å². The van der Waals surface area contributed by atoms with Gasteiger partial charge in [-0.3, -0.25) is 9.48 Å². The van der Waals surface area contributed by atoms with Crippen molar-refractivity contribution in [2.75, 3.05) is 26.7 Å². The molecule has 0 saturated carbocycles. The molecule has 7 nitrogen and oxygen atoms in total. The molecule has 0 aliphatic carbocycles. The lowest BCUT2D eigenvalue weighted by Gasteiger charge is -2.38. The van der Waals surface area contributed by atoms with Gasteiger partial charge in [0.1, 0.15) is 5.75 Å². The summed E-state index contributed by atoms with van der Waals surface area (Å²) >= 11 is 0. The first-order valence-corrected chi connectivity index (χ1v) is 8.93. The van der Waals surface area contributed by atoms with Crippen molar-refractivity contribution in [1.29, 1.82) is 0 Å². The van der Waals surface area contributed by atoms with Gasteiger partial charge in [0.15, 0.2) is 5.60 Å². The summed E-state index contributed by atoms with van der Waals surface area (Å²) in [6.45, 7) is 2.73. The molecule has 26 heavy (non-hydrogen) atoms. The van der Waals surface area contributed by atoms with E-state index in [0.717, 1.165) is 17.7 Å². The summed E-state index contributed by atoms with van der Waals surface area (Å²) in [6, 6.07) is 9.54. The van der Waals surface area contributed by atoms with Gasteiger partial charge in [0.2, 0.25) is 0 Å². The smallest absolute Gasteiger partial charge is 0.256 e. The number of benzene rings is 1. The molecule has 2 aromatic rings. The molecule has 1 aliphatic heterocycles. The number of piperidine rings is 1. The number of likely N-dealkylation sites (tertiary alicyclic amines) is 1. The van der Waals surface area contributed by atoms with Crippen molar-refractivity contribution in [2.24, 2.45) is 0 Å². The Balaban J connectivity index is 1.55. The molecule has 2 heterocycles. The number of nitrogens with one attached hydrogen (secondary N) is 1. The monoisotopic (exact) mass is 358 g/mol. The van der Waals surface area contributed by atoms with Crippen molar-refractivity contribution < 1.29 is 14.6 Å². The molecular formula is C19H26N4O3. The van der Waals surface area contributed by atoms with Crippen LogP contribution < -0.4 is 10.1 Å². The summed E-state index contributed by atoms with van der Waals surface area (Å²) in [4.78, 5) is 14.5. The van der Waals surface area contributed by atoms with Crippen LogP contribution in [0.1, 0.15) is 18.4 Å². The number of carbonyl (C=O) groups is 1. The normalized spacial score (nSPS) is 20.4. The molecule has 1 atom stereocenters. The molecule has 1 saturated heterocycles. The van der Waals surface area contributed by atoms with Crippen molar-refractivity contribution >= 4 is 5.91 Å². The van der Waals surface area contributed by atoms with Gasteiger partial charge >= 0.3 is 0 Å². The Hall–Kier alpha value is -2.38. The molecule has 0 unspecified atom stereocenters. The number of rotatable bonds is 8. The Morgan fingerprint density at radius 2 is 2.27 bits per heavy atom. The minimum absolute atomic E-state index is 0.210. The predicted octanol–water partition coefficient (Wildman–Crippen LogP) is 1.03. The maximum atomic E-state index is 12.8. The minimum Gasteiger partial charge on any atom is -0.497 e. The van der Waals surface area contributed by atoms with Gasteiger partial charge in [0.25, 0.3) is 5.91 Å². The van der Waals surface area contributed by atoms with E-state index in [1.807, 2.05) is 41.2 Å². The fraction of sp³-hybridized carbons (Fsp3) is 0.474. The van der Waals surface area contributed by atoms with Gasteiger partial charge in [-0.1, -0.05) is 12.1 Å². The quantitative estimate of drug-likeness (QED) is 0.689. The van der Waals surface area contributed by atoms with Crippen LogP contribution in [0.15, 0.2) is 42.7 Å². The van der Waals surface area contributed by atoms with Crippen LogP contribution in [-0.4, -0.2) is 58.0 Å². The predicted molar refractivity (Wildman–Crippen MR) is 97.7 cm³/mol. The van der Waals surface area contributed by atoms with Gasteiger partial charge < -0.3 is 20.1 Å². The Bertz CT molecular complexity index is 719. The second kappa shape index (κ2) is 8.33. The second-order valence-electron chi connectivity index (χ2n) is 6.66. The Labute approximate surface area is 153 Å². The SMILES string of the molecule is COc1cccc(CN2CCC[C@@](O)(CNCCn3cccn3)C2=O)c1. The molecule has 0 bridgehead atoms. The standard InChI is InChI=1S/C19H26N4O3/c1-26-17-6-2-5-16(13-17)14-22-10-3-7-19(25,18(22)24)15-20-9-12-23-11-4-8-21-23/h2,4-6,8,11,13,20,25H,3,7,9-10,12,14-15H2,1H3/t19-/m1/s1. The minimum atomic E-state index is -1.35. The van der Waals surface area contributed by atoms with Gasteiger partial charge in [0.05, 0.1) is 13.7 Å². The first-order chi connectivity index (χ1) is 12.6. The van der Waals surface area contributed by atoms with Gasteiger partial charge in [-0.15, -0.1) is 0 Å². The first kappa shape index (κ1) is 18.4. The molecule has 0 radical (unpaired) electrons. The number of amides is 1. The molecular weight excluding hydrogens is 332 g/mol. The fourth-order valence-electron chi connectivity index (χ4n) is 3.29. The van der Waals surface area contributed by atoms with Crippen LogP contribution in [0.5, 0.6) is 5.75 Å². The Kier molecular flexibility index (Phi) is 5.90. The molecule has 7 heteroatoms. The van der Waals surface area contributed by atoms with Crippen molar-refractivity contribution in [2.45, 2.75) is 31.5 Å². The molecule has 1 aromatic carbocycles. The van der Waals surface area contributed by atoms with E-state index in [0.29, 0.717) is 32.6 Å². The second-order valence-corrected chi connectivity index (χ2v) is 6.66. The summed E-state index contributed by atoms with van der Waals surface area (Å²) in [5.74, 6) is 0.556. The number of methoxy groups -OCH3 is 1. The third kappa shape index (κ3) is 4.42. The van der Waals surface area contributed by atoms with Gasteiger partial charge in [-0.2, -0.15) is 5.10 Å². The van der Waals surface area contributed by atoms with E-state index in [4.69, 9.17) is 4.74 Å². The largest absolute Gasteiger partial charge is 0.497 e. The van der Waals surface area contributed by atoms with E-state index < -0.39 is 5.60 Å². The lowest BCUT2D eigenvalue weighted by Crippen LogP contribution is -2.57. The molecule has 0 spiro atoms. The number of hydrogen-bond donors (Lipinski definition) is 2. The first-order valence-electron chi connectivity index (χ1n) is 8.93. The molecule has 1 aliphatic rings. The summed E-state index contributed by atoms with van der Waals surface area (Å²) < 4.78 is 7.05. The highest BCUT2D eigenvalue weighted by molar-refractivity contribution is 5.86. The number of ether oxygens (including phenoxy) is 1. The zero-order valence-electron chi connectivity index (χ0n) is 15.1. The summed E-state index contributed by atoms with van der Waals surface area (Å²) in [6.07, 6.45) is 4.88. The number of hydrogen-bond acceptors (Lipinski definition) is 5. The van der Waals surface area contributed by atoms with Crippen molar-refractivity contribution in [3.05, 3.63) is 48.3 Å². The number of nitrogens with zero attached hydrogens (tertiary/aromatic N) is 3. The molecule has 1 amide bonds. The topological polar surface area (TPSA) is 79.6 Å². The third-order valence-electron chi connectivity index (χ3n) is 4.71. The van der Waals surface area contributed by atoms with Gasteiger partial charge in [-0.05, 0) is 36.6 Å². The molecule has 2 N–H and O–H groups in total. The van der Waals surface area contributed by atoms with E-state index >= 15 is 0 Å². The van der Waals surface area contributed by atoms with Crippen LogP contribution in [0.2, 0.25) is 0 Å². The summed E-state index contributed by atoms with van der Waals surface area (Å²) in [7, 11) is 1.62. The highest BCUT2D eigenvalue weighted by Crippen LogP contribution is 2.24. The van der Waals surface area contributed by atoms with E-state index in [-0.39, 0.29) is 12.5 Å². The number of aliphatic hydroxyl groups is 1. The maximum absolute atomic E-state index is 12.8. The van der Waals surface area contributed by atoms with Crippen LogP contribution in [0.25, 0.3) is 0 Å². The Morgan fingerprint density at radius 3 is 3.04 bits per heavy atom. The average molecular weight is 358 g/mol. The van der Waals surface area contributed by atoms with Gasteiger partial charge in [-0.25, -0.2) is 0 Å². The maximum Gasteiger partial charge on any atom is 0.256 e. The van der Waals surface area contributed by atoms with Crippen molar-refractivity contribution in [1.82, 2.24) is 20.0 Å². The average Bonchev–Trinajstić information content (AvgIpc) is 3.17. The van der Waals surface area contributed by atoms with Crippen LogP contribution in [0.3, 0.4) is 0 Å². The number of aromatic nitrogens is 2. The highest BCUT2D eigenvalue weighted by atomic mass is 16.5. The molecule has 3 rings (SSSR count). The molecule has 140 valence electrons. The van der Waals surface area contributed by atoms with Crippen LogP contribution in [-0.2, 0) is 17.9 Å². The zero-order chi connectivity index (χ0) is 18.4. The highest BCUT2D eigenvalue weighted by Gasteiger charge is 2.41.